The van der Waals surface area contributed by atoms with Crippen molar-refractivity contribution in [3.8, 4) is 17.4 Å². The molecule has 0 saturated heterocycles. The first kappa shape index (κ1) is 20.5. The van der Waals surface area contributed by atoms with Gasteiger partial charge in [0.1, 0.15) is 17.8 Å². The van der Waals surface area contributed by atoms with Crippen molar-refractivity contribution in [2.45, 2.75) is 0 Å². The average molecular weight is 431 g/mol. The Morgan fingerprint density at radius 1 is 0.969 bits per heavy atom. The number of aromatic nitrogens is 2. The number of fused-ring (bicyclic) bond motifs is 1. The number of nitrogens with zero attached hydrogens (tertiary/aromatic N) is 3. The summed E-state index contributed by atoms with van der Waals surface area (Å²) in [5.41, 5.74) is 4.84. The molecule has 0 unspecified atom stereocenters. The highest BCUT2D eigenvalue weighted by Gasteiger charge is 2.25. The number of benzene rings is 3. The summed E-state index contributed by atoms with van der Waals surface area (Å²) < 4.78 is 10.6. The van der Waals surface area contributed by atoms with E-state index < -0.39 is 16.5 Å². The van der Waals surface area contributed by atoms with Crippen LogP contribution in [0, 0.1) is 10.1 Å². The van der Waals surface area contributed by atoms with E-state index in [2.05, 4.69) is 20.8 Å². The summed E-state index contributed by atoms with van der Waals surface area (Å²) in [6, 6.07) is 19.2. The van der Waals surface area contributed by atoms with Gasteiger partial charge in [0.25, 0.3) is 5.91 Å². The zero-order valence-electron chi connectivity index (χ0n) is 16.8. The zero-order chi connectivity index (χ0) is 22.5. The van der Waals surface area contributed by atoms with Gasteiger partial charge < -0.3 is 9.47 Å². The van der Waals surface area contributed by atoms with Crippen molar-refractivity contribution in [2.24, 2.45) is 0 Å². The first-order chi connectivity index (χ1) is 15.6. The van der Waals surface area contributed by atoms with Gasteiger partial charge in [-0.15, -0.1) is 0 Å². The van der Waals surface area contributed by atoms with Gasteiger partial charge in [-0.05, 0) is 41.1 Å². The number of amides is 1. The predicted molar refractivity (Wildman–Crippen MR) is 117 cm³/mol. The first-order valence-electron chi connectivity index (χ1n) is 9.42. The van der Waals surface area contributed by atoms with E-state index >= 15 is 0 Å². The summed E-state index contributed by atoms with van der Waals surface area (Å²) in [6.45, 7) is 0. The Bertz CT molecular complexity index is 1290. The Hall–Kier alpha value is -4.73. The number of hydrogen-bond donors (Lipinski definition) is 2. The molecular formula is C22H17N5O5. The smallest absolute Gasteiger partial charge is 0.374 e. The minimum atomic E-state index is -0.689. The molecule has 0 spiro atoms. The molecule has 1 heterocycles. The van der Waals surface area contributed by atoms with Crippen LogP contribution in [0.15, 0.2) is 73.1 Å². The number of ether oxygens (including phenoxy) is 2. The molecule has 1 aromatic heterocycles. The van der Waals surface area contributed by atoms with Crippen molar-refractivity contribution in [2.75, 3.05) is 12.5 Å². The van der Waals surface area contributed by atoms with Crippen LogP contribution in [0.25, 0.3) is 10.8 Å². The number of hydrogen-bond acceptors (Lipinski definition) is 8. The lowest BCUT2D eigenvalue weighted by Gasteiger charge is -2.11. The quantitative estimate of drug-likeness (QED) is 0.331. The topological polar surface area (TPSA) is 129 Å². The molecule has 0 saturated carbocycles. The molecule has 1 amide bonds. The minimum absolute atomic E-state index is 0.220. The van der Waals surface area contributed by atoms with Crippen molar-refractivity contribution in [3.63, 3.8) is 0 Å². The van der Waals surface area contributed by atoms with E-state index in [-0.39, 0.29) is 11.7 Å². The molecule has 0 fully saturated rings. The van der Waals surface area contributed by atoms with Crippen molar-refractivity contribution >= 4 is 28.2 Å². The molecular weight excluding hydrogens is 414 g/mol. The average Bonchev–Trinajstić information content (AvgIpc) is 2.82. The van der Waals surface area contributed by atoms with Gasteiger partial charge in [-0.1, -0.05) is 36.4 Å². The second-order valence-electron chi connectivity index (χ2n) is 6.52. The van der Waals surface area contributed by atoms with E-state index in [0.717, 1.165) is 17.1 Å². The second-order valence-corrected chi connectivity index (χ2v) is 6.52. The first-order valence-corrected chi connectivity index (χ1v) is 9.42. The van der Waals surface area contributed by atoms with Crippen LogP contribution in [-0.4, -0.2) is 27.9 Å². The van der Waals surface area contributed by atoms with Gasteiger partial charge in [0.15, 0.2) is 0 Å². The number of anilines is 1. The van der Waals surface area contributed by atoms with Crippen LogP contribution in [0.5, 0.6) is 17.4 Å². The Morgan fingerprint density at radius 2 is 1.69 bits per heavy atom. The number of carbonyl (C=O) groups is 1. The molecule has 10 heteroatoms. The summed E-state index contributed by atoms with van der Waals surface area (Å²) in [6.07, 6.45) is 1.10. The third kappa shape index (κ3) is 4.24. The van der Waals surface area contributed by atoms with Gasteiger partial charge in [0, 0.05) is 5.56 Å². The van der Waals surface area contributed by atoms with E-state index in [0.29, 0.717) is 17.1 Å². The largest absolute Gasteiger partial charge is 0.497 e. The molecule has 0 atom stereocenters. The van der Waals surface area contributed by atoms with E-state index in [9.17, 15) is 14.9 Å². The molecule has 2 N–H and O–H groups in total. The van der Waals surface area contributed by atoms with Gasteiger partial charge in [0.05, 0.1) is 12.0 Å². The number of methoxy groups -OCH3 is 1. The Morgan fingerprint density at radius 3 is 2.44 bits per heavy atom. The van der Waals surface area contributed by atoms with Gasteiger partial charge >= 0.3 is 11.6 Å². The van der Waals surface area contributed by atoms with E-state index in [1.807, 2.05) is 30.3 Å². The lowest BCUT2D eigenvalue weighted by atomic mass is 10.0. The molecule has 0 aliphatic rings. The Labute approximate surface area is 182 Å². The molecule has 10 nitrogen and oxygen atoms in total. The molecule has 160 valence electrons. The highest BCUT2D eigenvalue weighted by molar-refractivity contribution is 6.07. The number of nitro groups is 1. The fourth-order valence-electron chi connectivity index (χ4n) is 3.06. The Kier molecular flexibility index (Phi) is 5.75. The number of rotatable bonds is 7. The van der Waals surface area contributed by atoms with Crippen LogP contribution >= 0.6 is 0 Å². The summed E-state index contributed by atoms with van der Waals surface area (Å²) in [5, 5.41) is 13.3. The standard InChI is InChI=1S/C22H17N5O5/c1-31-15-9-11-16(12-10-15)32-22-19(27(29)30)20(23-13-24-22)25-26-21(28)18-8-4-6-14-5-2-3-7-17(14)18/h2-13H,1H3,(H,26,28)(H,23,24,25). The fourth-order valence-corrected chi connectivity index (χ4v) is 3.06. The molecule has 3 aromatic carbocycles. The number of hydrazine groups is 1. The normalized spacial score (nSPS) is 10.4. The summed E-state index contributed by atoms with van der Waals surface area (Å²) >= 11 is 0. The van der Waals surface area contributed by atoms with Crippen LogP contribution in [0.1, 0.15) is 10.4 Å². The molecule has 0 aliphatic carbocycles. The second kappa shape index (κ2) is 8.96. The lowest BCUT2D eigenvalue weighted by Crippen LogP contribution is -2.30. The predicted octanol–water partition coefficient (Wildman–Crippen LogP) is 4.10. The van der Waals surface area contributed by atoms with Crippen LogP contribution in [0.2, 0.25) is 0 Å². The minimum Gasteiger partial charge on any atom is -0.497 e. The molecule has 4 aromatic rings. The molecule has 4 rings (SSSR count). The van der Waals surface area contributed by atoms with Crippen molar-refractivity contribution < 1.29 is 19.2 Å². The van der Waals surface area contributed by atoms with E-state index in [4.69, 9.17) is 9.47 Å². The molecule has 0 bridgehead atoms. The molecule has 0 aliphatic heterocycles. The lowest BCUT2D eigenvalue weighted by molar-refractivity contribution is -0.385. The van der Waals surface area contributed by atoms with Gasteiger partial charge in [0.2, 0.25) is 5.82 Å². The summed E-state index contributed by atoms with van der Waals surface area (Å²) in [5.74, 6) is -0.0575. The van der Waals surface area contributed by atoms with Crippen LogP contribution in [0.3, 0.4) is 0 Å². The van der Waals surface area contributed by atoms with E-state index in [1.54, 1.807) is 36.4 Å². The zero-order valence-corrected chi connectivity index (χ0v) is 16.8. The third-order valence-electron chi connectivity index (χ3n) is 4.57. The maximum absolute atomic E-state index is 12.7. The van der Waals surface area contributed by atoms with Crippen LogP contribution in [-0.2, 0) is 0 Å². The van der Waals surface area contributed by atoms with Crippen molar-refractivity contribution in [1.82, 2.24) is 15.4 Å². The third-order valence-corrected chi connectivity index (χ3v) is 4.57. The van der Waals surface area contributed by atoms with Crippen molar-refractivity contribution in [1.29, 1.82) is 0 Å². The van der Waals surface area contributed by atoms with Crippen LogP contribution < -0.4 is 20.3 Å². The van der Waals surface area contributed by atoms with Crippen LogP contribution in [0.4, 0.5) is 11.5 Å². The number of carbonyl (C=O) groups excluding carboxylic acids is 1. The molecule has 0 radical (unpaired) electrons. The highest BCUT2D eigenvalue weighted by atomic mass is 16.6. The van der Waals surface area contributed by atoms with E-state index in [1.165, 1.54) is 7.11 Å². The summed E-state index contributed by atoms with van der Waals surface area (Å²) in [4.78, 5) is 31.5. The van der Waals surface area contributed by atoms with Gasteiger partial charge in [-0.2, -0.15) is 4.98 Å². The number of nitrogens with one attached hydrogen (secondary N) is 2. The monoisotopic (exact) mass is 431 g/mol. The summed E-state index contributed by atoms with van der Waals surface area (Å²) in [7, 11) is 1.52. The molecule has 32 heavy (non-hydrogen) atoms. The fraction of sp³-hybridized carbons (Fsp3) is 0.0455. The van der Waals surface area contributed by atoms with Crippen molar-refractivity contribution in [3.05, 3.63) is 88.7 Å². The highest BCUT2D eigenvalue weighted by Crippen LogP contribution is 2.34. The van der Waals surface area contributed by atoms with Gasteiger partial charge in [-0.3, -0.25) is 25.8 Å². The maximum atomic E-state index is 12.7. The Balaban J connectivity index is 1.57. The SMILES string of the molecule is COc1ccc(Oc2ncnc(NNC(=O)c3cccc4ccccc34)c2[N+](=O)[O-])cc1. The maximum Gasteiger partial charge on any atom is 0.374 e. The van der Waals surface area contributed by atoms with Gasteiger partial charge in [-0.25, -0.2) is 4.98 Å².